The molecule has 1 aliphatic heterocycles. The minimum absolute atomic E-state index is 0.184. The predicted octanol–water partition coefficient (Wildman–Crippen LogP) is 0.878. The van der Waals surface area contributed by atoms with Gasteiger partial charge in [0.15, 0.2) is 5.69 Å². The maximum absolute atomic E-state index is 11.9. The number of nitrogens with zero attached hydrogens (tertiary/aromatic N) is 2. The van der Waals surface area contributed by atoms with Gasteiger partial charge in [0.1, 0.15) is 0 Å². The first-order chi connectivity index (χ1) is 8.72. The quantitative estimate of drug-likeness (QED) is 0.829. The molecule has 1 fully saturated rings. The van der Waals surface area contributed by atoms with Crippen molar-refractivity contribution >= 4 is 11.6 Å². The lowest BCUT2D eigenvalue weighted by molar-refractivity contribution is 0.0937. The summed E-state index contributed by atoms with van der Waals surface area (Å²) in [7, 11) is 0. The third kappa shape index (κ3) is 2.79. The summed E-state index contributed by atoms with van der Waals surface area (Å²) in [5, 5.41) is 2.92. The van der Waals surface area contributed by atoms with E-state index < -0.39 is 0 Å². The lowest BCUT2D eigenvalue weighted by atomic mass is 10.2. The number of anilines is 1. The molecule has 0 bridgehead atoms. The van der Waals surface area contributed by atoms with Crippen LogP contribution >= 0.6 is 0 Å². The average Bonchev–Trinajstić information content (AvgIpc) is 2.84. The molecule has 0 saturated carbocycles. The van der Waals surface area contributed by atoms with E-state index in [9.17, 15) is 4.79 Å². The fourth-order valence-corrected chi connectivity index (χ4v) is 2.44. The summed E-state index contributed by atoms with van der Waals surface area (Å²) in [5.41, 5.74) is 6.47. The lowest BCUT2D eigenvalue weighted by Gasteiger charge is -2.22. The van der Waals surface area contributed by atoms with Crippen LogP contribution in [-0.4, -0.2) is 41.5 Å². The number of amides is 1. The first-order valence-electron chi connectivity index (χ1n) is 6.45. The van der Waals surface area contributed by atoms with Gasteiger partial charge in [-0.05, 0) is 38.1 Å². The summed E-state index contributed by atoms with van der Waals surface area (Å²) >= 11 is 0. The fraction of sp³-hybridized carbons (Fsp3) is 0.538. The number of nitrogens with one attached hydrogen (secondary N) is 1. The number of nitrogen functional groups attached to an aromatic ring is 1. The van der Waals surface area contributed by atoms with Crippen molar-refractivity contribution in [3.8, 4) is 0 Å². The number of hydrogen-bond donors (Lipinski definition) is 2. The highest BCUT2D eigenvalue weighted by Crippen LogP contribution is 2.16. The number of aromatic nitrogens is 1. The Kier molecular flexibility index (Phi) is 4.15. The second-order valence-electron chi connectivity index (χ2n) is 4.58. The number of likely N-dealkylation sites (N-methyl/N-ethyl adjacent to an activating group) is 1. The molecule has 2 rings (SSSR count). The Morgan fingerprint density at radius 1 is 1.67 bits per heavy atom. The Morgan fingerprint density at radius 2 is 2.50 bits per heavy atom. The van der Waals surface area contributed by atoms with Gasteiger partial charge in [0.05, 0.1) is 5.69 Å². The Balaban J connectivity index is 1.91. The monoisotopic (exact) mass is 248 g/mol. The van der Waals surface area contributed by atoms with Gasteiger partial charge in [0, 0.05) is 18.8 Å². The van der Waals surface area contributed by atoms with Crippen molar-refractivity contribution in [3.05, 3.63) is 24.0 Å². The molecule has 0 radical (unpaired) electrons. The summed E-state index contributed by atoms with van der Waals surface area (Å²) in [6.45, 7) is 4.98. The van der Waals surface area contributed by atoms with Crippen LogP contribution in [-0.2, 0) is 0 Å². The SMILES string of the molecule is CCN1CCCC1CNC(=O)c1ncccc1N. The van der Waals surface area contributed by atoms with E-state index in [1.54, 1.807) is 18.3 Å². The second-order valence-corrected chi connectivity index (χ2v) is 4.58. The molecule has 5 nitrogen and oxygen atoms in total. The van der Waals surface area contributed by atoms with Gasteiger partial charge in [-0.1, -0.05) is 6.92 Å². The van der Waals surface area contributed by atoms with Crippen molar-refractivity contribution in [1.82, 2.24) is 15.2 Å². The number of rotatable bonds is 4. The molecular formula is C13H20N4O. The molecule has 1 unspecified atom stereocenters. The standard InChI is InChI=1S/C13H20N4O/c1-2-17-8-4-5-10(17)9-16-13(18)12-11(14)6-3-7-15-12/h3,6-7,10H,2,4-5,8-9,14H2,1H3,(H,16,18). The van der Waals surface area contributed by atoms with Gasteiger partial charge >= 0.3 is 0 Å². The highest BCUT2D eigenvalue weighted by atomic mass is 16.1. The van der Waals surface area contributed by atoms with Crippen LogP contribution in [0.1, 0.15) is 30.3 Å². The highest BCUT2D eigenvalue weighted by Gasteiger charge is 2.23. The van der Waals surface area contributed by atoms with Crippen LogP contribution in [0.5, 0.6) is 0 Å². The molecule has 3 N–H and O–H groups in total. The Bertz CT molecular complexity index is 421. The van der Waals surface area contributed by atoms with Crippen molar-refractivity contribution in [2.24, 2.45) is 0 Å². The molecule has 1 atom stereocenters. The second kappa shape index (κ2) is 5.82. The van der Waals surface area contributed by atoms with Gasteiger partial charge in [-0.25, -0.2) is 4.98 Å². The zero-order valence-corrected chi connectivity index (χ0v) is 10.7. The average molecular weight is 248 g/mol. The van der Waals surface area contributed by atoms with Crippen LogP contribution in [0.2, 0.25) is 0 Å². The summed E-state index contributed by atoms with van der Waals surface area (Å²) in [6, 6.07) is 3.86. The molecule has 2 heterocycles. The van der Waals surface area contributed by atoms with Gasteiger partial charge in [-0.2, -0.15) is 0 Å². The Labute approximate surface area is 107 Å². The van der Waals surface area contributed by atoms with Gasteiger partial charge in [0.25, 0.3) is 5.91 Å². The molecule has 18 heavy (non-hydrogen) atoms. The lowest BCUT2D eigenvalue weighted by Crippen LogP contribution is -2.40. The van der Waals surface area contributed by atoms with Crippen molar-refractivity contribution in [2.45, 2.75) is 25.8 Å². The van der Waals surface area contributed by atoms with E-state index in [1.807, 2.05) is 0 Å². The van der Waals surface area contributed by atoms with E-state index in [-0.39, 0.29) is 5.91 Å². The first kappa shape index (κ1) is 12.8. The summed E-state index contributed by atoms with van der Waals surface area (Å²) < 4.78 is 0. The number of likely N-dealkylation sites (tertiary alicyclic amines) is 1. The van der Waals surface area contributed by atoms with E-state index >= 15 is 0 Å². The number of hydrogen-bond acceptors (Lipinski definition) is 4. The highest BCUT2D eigenvalue weighted by molar-refractivity contribution is 5.96. The number of carbonyl (C=O) groups is 1. The van der Waals surface area contributed by atoms with Crippen LogP contribution in [0.15, 0.2) is 18.3 Å². The smallest absolute Gasteiger partial charge is 0.272 e. The first-order valence-corrected chi connectivity index (χ1v) is 6.45. The molecular weight excluding hydrogens is 228 g/mol. The number of pyridine rings is 1. The van der Waals surface area contributed by atoms with Gasteiger partial charge in [-0.15, -0.1) is 0 Å². The van der Waals surface area contributed by atoms with Gasteiger partial charge in [-0.3, -0.25) is 9.69 Å². The normalized spacial score (nSPS) is 19.9. The Hall–Kier alpha value is -1.62. The minimum atomic E-state index is -0.184. The largest absolute Gasteiger partial charge is 0.397 e. The molecule has 98 valence electrons. The summed E-state index contributed by atoms with van der Waals surface area (Å²) in [5.74, 6) is -0.184. The number of carbonyl (C=O) groups excluding carboxylic acids is 1. The molecule has 5 heteroatoms. The molecule has 1 amide bonds. The van der Waals surface area contributed by atoms with E-state index in [0.717, 1.165) is 19.5 Å². The minimum Gasteiger partial charge on any atom is -0.397 e. The van der Waals surface area contributed by atoms with E-state index in [0.29, 0.717) is 24.0 Å². The van der Waals surface area contributed by atoms with Crippen LogP contribution in [0.3, 0.4) is 0 Å². The van der Waals surface area contributed by atoms with Crippen LogP contribution in [0.4, 0.5) is 5.69 Å². The molecule has 1 aliphatic rings. The molecule has 0 spiro atoms. The predicted molar refractivity (Wildman–Crippen MR) is 71.3 cm³/mol. The molecule has 0 aromatic carbocycles. The van der Waals surface area contributed by atoms with E-state index in [4.69, 9.17) is 5.73 Å². The van der Waals surface area contributed by atoms with Crippen molar-refractivity contribution in [1.29, 1.82) is 0 Å². The van der Waals surface area contributed by atoms with Crippen LogP contribution in [0.25, 0.3) is 0 Å². The van der Waals surface area contributed by atoms with Crippen LogP contribution in [0, 0.1) is 0 Å². The van der Waals surface area contributed by atoms with E-state index in [2.05, 4.69) is 22.1 Å². The van der Waals surface area contributed by atoms with Crippen LogP contribution < -0.4 is 11.1 Å². The molecule has 1 aromatic heterocycles. The van der Waals surface area contributed by atoms with Crippen molar-refractivity contribution in [2.75, 3.05) is 25.4 Å². The third-order valence-corrected chi connectivity index (χ3v) is 3.46. The maximum atomic E-state index is 11.9. The van der Waals surface area contributed by atoms with Gasteiger partial charge < -0.3 is 11.1 Å². The van der Waals surface area contributed by atoms with Gasteiger partial charge in [0.2, 0.25) is 0 Å². The summed E-state index contributed by atoms with van der Waals surface area (Å²) in [4.78, 5) is 18.3. The van der Waals surface area contributed by atoms with Crippen molar-refractivity contribution < 1.29 is 4.79 Å². The van der Waals surface area contributed by atoms with Crippen molar-refractivity contribution in [3.63, 3.8) is 0 Å². The Morgan fingerprint density at radius 3 is 3.22 bits per heavy atom. The molecule has 1 aromatic rings. The fourth-order valence-electron chi connectivity index (χ4n) is 2.44. The summed E-state index contributed by atoms with van der Waals surface area (Å²) in [6.07, 6.45) is 3.94. The molecule has 1 saturated heterocycles. The zero-order valence-electron chi connectivity index (χ0n) is 10.7. The third-order valence-electron chi connectivity index (χ3n) is 3.46. The topological polar surface area (TPSA) is 71.2 Å². The number of nitrogens with two attached hydrogens (primary N) is 1. The molecule has 0 aliphatic carbocycles. The maximum Gasteiger partial charge on any atom is 0.272 e. The zero-order chi connectivity index (χ0) is 13.0. The van der Waals surface area contributed by atoms with E-state index in [1.165, 1.54) is 6.42 Å².